The van der Waals surface area contributed by atoms with Crippen molar-refractivity contribution in [1.82, 2.24) is 5.32 Å². The molecule has 0 aliphatic carbocycles. The molecule has 0 spiro atoms. The van der Waals surface area contributed by atoms with Crippen molar-refractivity contribution in [2.45, 2.75) is 45.6 Å². The van der Waals surface area contributed by atoms with Crippen molar-refractivity contribution in [3.8, 4) is 12.3 Å². The van der Waals surface area contributed by atoms with Gasteiger partial charge in [-0.2, -0.15) is 0 Å². The minimum Gasteiger partial charge on any atom is -0.310 e. The summed E-state index contributed by atoms with van der Waals surface area (Å²) in [5.74, 6) is 2.72. The molecule has 1 rings (SSSR count). The van der Waals surface area contributed by atoms with E-state index in [2.05, 4.69) is 59.2 Å². The molecule has 0 saturated heterocycles. The monoisotopic (exact) mass is 307 g/mol. The Morgan fingerprint density at radius 3 is 2.89 bits per heavy atom. The zero-order valence-electron chi connectivity index (χ0n) is 11.3. The van der Waals surface area contributed by atoms with Crippen LogP contribution in [0.1, 0.15) is 49.8 Å². The summed E-state index contributed by atoms with van der Waals surface area (Å²) < 4.78 is 1.18. The number of nitrogens with one attached hydrogen (secondary N) is 1. The van der Waals surface area contributed by atoms with Crippen LogP contribution in [0.3, 0.4) is 0 Å². The van der Waals surface area contributed by atoms with Gasteiger partial charge in [0.05, 0.1) is 0 Å². The molecule has 0 radical (unpaired) electrons. The fourth-order valence-corrected chi connectivity index (χ4v) is 2.55. The summed E-state index contributed by atoms with van der Waals surface area (Å²) in [6.07, 6.45) is 9.49. The van der Waals surface area contributed by atoms with Crippen molar-refractivity contribution >= 4 is 15.9 Å². The van der Waals surface area contributed by atoms with E-state index in [0.29, 0.717) is 6.04 Å². The van der Waals surface area contributed by atoms with E-state index in [9.17, 15) is 0 Å². The molecule has 0 aliphatic rings. The van der Waals surface area contributed by atoms with Crippen LogP contribution in [0.5, 0.6) is 0 Å². The Labute approximate surface area is 119 Å². The minimum absolute atomic E-state index is 0.396. The highest BCUT2D eigenvalue weighted by molar-refractivity contribution is 9.10. The Morgan fingerprint density at radius 2 is 2.22 bits per heavy atom. The molecule has 1 aromatic rings. The molecule has 0 heterocycles. The Balaban J connectivity index is 2.79. The standard InChI is InChI=1S/C16H22BrN/c1-4-6-7-8-16(18-11-5-2)14-12-13(3)9-10-15(14)17/h1,9-10,12,16,18H,5-8,11H2,2-3H3. The Bertz CT molecular complexity index is 406. The molecule has 1 atom stereocenters. The van der Waals surface area contributed by atoms with Crippen LogP contribution in [0.25, 0.3) is 0 Å². The van der Waals surface area contributed by atoms with E-state index in [1.54, 1.807) is 0 Å². The lowest BCUT2D eigenvalue weighted by molar-refractivity contribution is 0.486. The smallest absolute Gasteiger partial charge is 0.0331 e. The van der Waals surface area contributed by atoms with E-state index in [0.717, 1.165) is 32.2 Å². The first-order valence-electron chi connectivity index (χ1n) is 6.62. The molecular weight excluding hydrogens is 286 g/mol. The van der Waals surface area contributed by atoms with Gasteiger partial charge >= 0.3 is 0 Å². The Morgan fingerprint density at radius 1 is 1.44 bits per heavy atom. The normalized spacial score (nSPS) is 12.1. The zero-order valence-corrected chi connectivity index (χ0v) is 12.9. The van der Waals surface area contributed by atoms with E-state index < -0.39 is 0 Å². The van der Waals surface area contributed by atoms with Gasteiger partial charge in [-0.1, -0.05) is 40.5 Å². The quantitative estimate of drug-likeness (QED) is 0.573. The van der Waals surface area contributed by atoms with E-state index in [4.69, 9.17) is 6.42 Å². The lowest BCUT2D eigenvalue weighted by Crippen LogP contribution is -2.22. The van der Waals surface area contributed by atoms with Crippen molar-refractivity contribution < 1.29 is 0 Å². The number of hydrogen-bond donors (Lipinski definition) is 1. The number of hydrogen-bond acceptors (Lipinski definition) is 1. The Hall–Kier alpha value is -0.780. The third-order valence-electron chi connectivity index (χ3n) is 2.98. The van der Waals surface area contributed by atoms with Gasteiger partial charge in [-0.05, 0) is 44.4 Å². The summed E-state index contributed by atoms with van der Waals surface area (Å²) in [4.78, 5) is 0. The van der Waals surface area contributed by atoms with Crippen molar-refractivity contribution in [3.05, 3.63) is 33.8 Å². The van der Waals surface area contributed by atoms with Gasteiger partial charge in [-0.3, -0.25) is 0 Å². The predicted octanol–water partition coefficient (Wildman–Crippen LogP) is 4.60. The topological polar surface area (TPSA) is 12.0 Å². The van der Waals surface area contributed by atoms with E-state index in [1.807, 2.05) is 0 Å². The molecule has 2 heteroatoms. The first kappa shape index (κ1) is 15.3. The second-order valence-corrected chi connectivity index (χ2v) is 5.48. The third-order valence-corrected chi connectivity index (χ3v) is 3.70. The molecule has 0 aromatic heterocycles. The van der Waals surface area contributed by atoms with Crippen LogP contribution in [-0.2, 0) is 0 Å². The SMILES string of the molecule is C#CCCCC(NCCC)c1cc(C)ccc1Br. The van der Waals surface area contributed by atoms with Crippen LogP contribution in [0.15, 0.2) is 22.7 Å². The largest absolute Gasteiger partial charge is 0.310 e. The van der Waals surface area contributed by atoms with Gasteiger partial charge in [0.15, 0.2) is 0 Å². The highest BCUT2D eigenvalue weighted by Gasteiger charge is 2.13. The van der Waals surface area contributed by atoms with Crippen molar-refractivity contribution in [1.29, 1.82) is 0 Å². The summed E-state index contributed by atoms with van der Waals surface area (Å²) in [6, 6.07) is 6.92. The first-order chi connectivity index (χ1) is 8.69. The number of halogens is 1. The average Bonchev–Trinajstić information content (AvgIpc) is 2.37. The molecule has 1 unspecified atom stereocenters. The van der Waals surface area contributed by atoms with Gasteiger partial charge in [0.2, 0.25) is 0 Å². The molecule has 98 valence electrons. The highest BCUT2D eigenvalue weighted by atomic mass is 79.9. The van der Waals surface area contributed by atoms with Crippen LogP contribution >= 0.6 is 15.9 Å². The molecule has 0 bridgehead atoms. The molecule has 1 N–H and O–H groups in total. The van der Waals surface area contributed by atoms with Gasteiger partial charge in [0, 0.05) is 16.9 Å². The van der Waals surface area contributed by atoms with Gasteiger partial charge in [-0.15, -0.1) is 12.3 Å². The summed E-state index contributed by atoms with van der Waals surface area (Å²) in [6.45, 7) is 5.37. The molecule has 1 nitrogen and oxygen atoms in total. The van der Waals surface area contributed by atoms with Crippen molar-refractivity contribution in [3.63, 3.8) is 0 Å². The molecule has 0 fully saturated rings. The molecule has 18 heavy (non-hydrogen) atoms. The molecule has 0 aliphatic heterocycles. The highest BCUT2D eigenvalue weighted by Crippen LogP contribution is 2.28. The van der Waals surface area contributed by atoms with Crippen LogP contribution in [0.4, 0.5) is 0 Å². The number of terminal acetylenes is 1. The van der Waals surface area contributed by atoms with Crippen molar-refractivity contribution in [2.24, 2.45) is 0 Å². The lowest BCUT2D eigenvalue weighted by atomic mass is 9.99. The van der Waals surface area contributed by atoms with Gasteiger partial charge in [0.1, 0.15) is 0 Å². The molecular formula is C16H22BrN. The minimum atomic E-state index is 0.396. The maximum atomic E-state index is 5.33. The number of rotatable bonds is 7. The second-order valence-electron chi connectivity index (χ2n) is 4.63. The van der Waals surface area contributed by atoms with Crippen LogP contribution in [0.2, 0.25) is 0 Å². The van der Waals surface area contributed by atoms with Gasteiger partial charge in [-0.25, -0.2) is 0 Å². The summed E-state index contributed by atoms with van der Waals surface area (Å²) >= 11 is 3.65. The molecule has 0 saturated carbocycles. The van der Waals surface area contributed by atoms with Crippen LogP contribution < -0.4 is 5.32 Å². The fourth-order valence-electron chi connectivity index (χ4n) is 2.02. The first-order valence-corrected chi connectivity index (χ1v) is 7.41. The maximum Gasteiger partial charge on any atom is 0.0331 e. The van der Waals surface area contributed by atoms with Gasteiger partial charge < -0.3 is 5.32 Å². The summed E-state index contributed by atoms with van der Waals surface area (Å²) in [7, 11) is 0. The third kappa shape index (κ3) is 4.84. The van der Waals surface area contributed by atoms with Gasteiger partial charge in [0.25, 0.3) is 0 Å². The van der Waals surface area contributed by atoms with E-state index in [1.165, 1.54) is 15.6 Å². The Kier molecular flexibility index (Phi) is 7.08. The predicted molar refractivity (Wildman–Crippen MR) is 82.6 cm³/mol. The maximum absolute atomic E-state index is 5.33. The number of unbranched alkanes of at least 4 members (excludes halogenated alkanes) is 1. The van der Waals surface area contributed by atoms with E-state index >= 15 is 0 Å². The molecule has 0 amide bonds. The van der Waals surface area contributed by atoms with E-state index in [-0.39, 0.29) is 0 Å². The summed E-state index contributed by atoms with van der Waals surface area (Å²) in [5, 5.41) is 3.61. The van der Waals surface area contributed by atoms with Crippen molar-refractivity contribution in [2.75, 3.05) is 6.54 Å². The second kappa shape index (κ2) is 8.34. The van der Waals surface area contributed by atoms with Crippen LogP contribution in [-0.4, -0.2) is 6.54 Å². The zero-order chi connectivity index (χ0) is 13.4. The fraction of sp³-hybridized carbons (Fsp3) is 0.500. The van der Waals surface area contributed by atoms with Crippen LogP contribution in [0, 0.1) is 19.3 Å². The average molecular weight is 308 g/mol. The number of aryl methyl sites for hydroxylation is 1. The lowest BCUT2D eigenvalue weighted by Gasteiger charge is -2.20. The molecule has 1 aromatic carbocycles. The number of benzene rings is 1. The summed E-state index contributed by atoms with van der Waals surface area (Å²) in [5.41, 5.74) is 2.65.